The van der Waals surface area contributed by atoms with Gasteiger partial charge >= 0.3 is 18.7 Å². The molecule has 1 N–H and O–H groups in total. The zero-order chi connectivity index (χ0) is 10.6. The maximum Gasteiger partial charge on any atom is 0.769 e. The molecule has 0 spiro atoms. The summed E-state index contributed by atoms with van der Waals surface area (Å²) >= 11 is 0. The Labute approximate surface area is 81.4 Å². The van der Waals surface area contributed by atoms with Crippen LogP contribution in [-0.2, 0) is 18.9 Å². The van der Waals surface area contributed by atoms with Gasteiger partial charge in [0.15, 0.2) is 5.75 Å². The molecule has 0 heterocycles. The fourth-order valence-electron chi connectivity index (χ4n) is 0.660. The Balaban J connectivity index is 2.59. The van der Waals surface area contributed by atoms with E-state index >= 15 is 0 Å². The highest BCUT2D eigenvalue weighted by molar-refractivity contribution is 7.84. The van der Waals surface area contributed by atoms with E-state index in [4.69, 9.17) is 4.55 Å². The summed E-state index contributed by atoms with van der Waals surface area (Å²) < 4.78 is 47.3. The van der Waals surface area contributed by atoms with Crippen molar-refractivity contribution in [3.63, 3.8) is 0 Å². The third-order valence-electron chi connectivity index (χ3n) is 1.08. The van der Waals surface area contributed by atoms with Gasteiger partial charge in [-0.3, -0.25) is 4.55 Å². The summed E-state index contributed by atoms with van der Waals surface area (Å²) in [5, 5.41) is 0. The van der Waals surface area contributed by atoms with Gasteiger partial charge in [-0.15, -0.1) is 0 Å². The minimum absolute atomic E-state index is 0.178. The molecule has 14 heavy (non-hydrogen) atoms. The van der Waals surface area contributed by atoms with Crippen LogP contribution in [0.15, 0.2) is 30.3 Å². The molecule has 0 saturated carbocycles. The topological polar surface area (TPSA) is 89.9 Å². The number of para-hydroxylation sites is 1. The average Bonchev–Trinajstić information content (AvgIpc) is 2.02. The summed E-state index contributed by atoms with van der Waals surface area (Å²) in [5.41, 5.74) is 0. The van der Waals surface area contributed by atoms with Gasteiger partial charge < -0.3 is 0 Å². The van der Waals surface area contributed by atoms with Crippen LogP contribution in [0.1, 0.15) is 0 Å². The Hall–Kier alpha value is -1.01. The van der Waals surface area contributed by atoms with Crippen molar-refractivity contribution in [1.29, 1.82) is 0 Å². The van der Waals surface area contributed by atoms with Gasteiger partial charge in [-0.05, 0) is 12.1 Å². The van der Waals surface area contributed by atoms with Crippen molar-refractivity contribution in [3.05, 3.63) is 30.3 Å². The Morgan fingerprint density at radius 3 is 2.29 bits per heavy atom. The Kier molecular flexibility index (Phi) is 3.54. The fraction of sp³-hybridized carbons (Fsp3) is 0. The van der Waals surface area contributed by atoms with Gasteiger partial charge in [0.25, 0.3) is 0 Å². The lowest BCUT2D eigenvalue weighted by Gasteiger charge is -1.89. The van der Waals surface area contributed by atoms with Gasteiger partial charge in [0.2, 0.25) is 0 Å². The first-order valence-electron chi connectivity index (χ1n) is 3.35. The van der Waals surface area contributed by atoms with Crippen molar-refractivity contribution in [2.45, 2.75) is 0 Å². The second kappa shape index (κ2) is 4.47. The van der Waals surface area contributed by atoms with E-state index in [-0.39, 0.29) is 5.75 Å². The molecule has 0 aromatic heterocycles. The van der Waals surface area contributed by atoms with Crippen LogP contribution in [0.25, 0.3) is 0 Å². The first kappa shape index (κ1) is 11.1. The van der Waals surface area contributed by atoms with Crippen LogP contribution in [0.2, 0.25) is 0 Å². The molecule has 0 bridgehead atoms. The predicted molar refractivity (Wildman–Crippen MR) is 47.3 cm³/mol. The minimum atomic E-state index is -4.75. The highest BCUT2D eigenvalue weighted by Crippen LogP contribution is 2.28. The standard InChI is InChI=1S/C6H5O6PS/c7-13(12-14(8,9)10)11-6-4-2-1-3-5-6/h1-5H/p+1. The van der Waals surface area contributed by atoms with E-state index in [2.05, 4.69) is 8.49 Å². The monoisotopic (exact) mass is 237 g/mol. The molecule has 1 rings (SSSR count). The van der Waals surface area contributed by atoms with Crippen LogP contribution in [0.3, 0.4) is 0 Å². The van der Waals surface area contributed by atoms with Gasteiger partial charge in [0.1, 0.15) is 0 Å². The van der Waals surface area contributed by atoms with Crippen molar-refractivity contribution < 1.29 is 26.0 Å². The van der Waals surface area contributed by atoms with E-state index in [0.29, 0.717) is 0 Å². The van der Waals surface area contributed by atoms with E-state index in [1.54, 1.807) is 18.2 Å². The highest BCUT2D eigenvalue weighted by atomic mass is 32.3. The van der Waals surface area contributed by atoms with E-state index < -0.39 is 18.7 Å². The van der Waals surface area contributed by atoms with E-state index in [9.17, 15) is 13.0 Å². The van der Waals surface area contributed by atoms with Crippen LogP contribution >= 0.6 is 8.25 Å². The lowest BCUT2D eigenvalue weighted by Crippen LogP contribution is -1.98. The third-order valence-corrected chi connectivity index (χ3v) is 2.68. The smallest absolute Gasteiger partial charge is 0.261 e. The Morgan fingerprint density at radius 2 is 1.79 bits per heavy atom. The molecule has 1 aromatic rings. The molecule has 1 aromatic carbocycles. The van der Waals surface area contributed by atoms with Crippen molar-refractivity contribution in [2.24, 2.45) is 0 Å². The second-order valence-electron chi connectivity index (χ2n) is 2.13. The van der Waals surface area contributed by atoms with Gasteiger partial charge in [0.05, 0.1) is 0 Å². The van der Waals surface area contributed by atoms with Crippen LogP contribution < -0.4 is 4.52 Å². The van der Waals surface area contributed by atoms with Crippen LogP contribution in [-0.4, -0.2) is 13.0 Å². The number of hydrogen-bond acceptors (Lipinski definition) is 5. The summed E-state index contributed by atoms with van der Waals surface area (Å²) in [5.74, 6) is 0.178. The largest absolute Gasteiger partial charge is 0.769 e. The SMILES string of the molecule is O=[P+](Oc1ccccc1)OS(=O)(=O)O. The predicted octanol–water partition coefficient (Wildman–Crippen LogP) is 1.54. The average molecular weight is 237 g/mol. The Bertz CT molecular complexity index is 413. The quantitative estimate of drug-likeness (QED) is 0.631. The molecule has 0 saturated heterocycles. The summed E-state index contributed by atoms with van der Waals surface area (Å²) in [4.78, 5) is 0. The number of hydrogen-bond donors (Lipinski definition) is 1. The molecule has 6 nitrogen and oxygen atoms in total. The normalized spacial score (nSPS) is 12.2. The highest BCUT2D eigenvalue weighted by Gasteiger charge is 2.31. The van der Waals surface area contributed by atoms with Gasteiger partial charge in [-0.25, -0.2) is 4.52 Å². The molecule has 0 fully saturated rings. The van der Waals surface area contributed by atoms with E-state index in [0.717, 1.165) is 0 Å². The molecular weight excluding hydrogens is 231 g/mol. The molecule has 0 aliphatic heterocycles. The van der Waals surface area contributed by atoms with Crippen LogP contribution in [0, 0.1) is 0 Å². The molecule has 0 amide bonds. The van der Waals surface area contributed by atoms with Gasteiger partial charge in [0, 0.05) is 8.54 Å². The van der Waals surface area contributed by atoms with Crippen LogP contribution in [0.4, 0.5) is 0 Å². The lowest BCUT2D eigenvalue weighted by molar-refractivity contribution is 0.359. The van der Waals surface area contributed by atoms with E-state index in [1.165, 1.54) is 12.1 Å². The lowest BCUT2D eigenvalue weighted by atomic mass is 10.3. The number of rotatable bonds is 4. The van der Waals surface area contributed by atoms with Gasteiger partial charge in [-0.1, -0.05) is 18.2 Å². The van der Waals surface area contributed by atoms with Crippen LogP contribution in [0.5, 0.6) is 5.75 Å². The summed E-state index contributed by atoms with van der Waals surface area (Å²) in [6.45, 7) is 0. The zero-order valence-electron chi connectivity index (χ0n) is 6.73. The summed E-state index contributed by atoms with van der Waals surface area (Å²) in [7, 11) is -7.69. The molecule has 8 heteroatoms. The first-order chi connectivity index (χ1) is 6.47. The van der Waals surface area contributed by atoms with Crippen molar-refractivity contribution >= 4 is 18.7 Å². The van der Waals surface area contributed by atoms with Crippen molar-refractivity contribution in [2.75, 3.05) is 0 Å². The Morgan fingerprint density at radius 1 is 1.21 bits per heavy atom. The van der Waals surface area contributed by atoms with Gasteiger partial charge in [-0.2, -0.15) is 8.42 Å². The maximum atomic E-state index is 10.8. The molecule has 76 valence electrons. The molecule has 0 aliphatic rings. The van der Waals surface area contributed by atoms with Crippen molar-refractivity contribution in [3.8, 4) is 5.75 Å². The fourth-order valence-corrected chi connectivity index (χ4v) is 1.69. The maximum absolute atomic E-state index is 10.8. The second-order valence-corrected chi connectivity index (χ2v) is 4.21. The molecular formula is C6H6O6PS+. The molecule has 0 aliphatic carbocycles. The molecule has 1 unspecified atom stereocenters. The summed E-state index contributed by atoms with van der Waals surface area (Å²) in [6.07, 6.45) is 0. The van der Waals surface area contributed by atoms with Crippen molar-refractivity contribution in [1.82, 2.24) is 0 Å². The summed E-state index contributed by atoms with van der Waals surface area (Å²) in [6, 6.07) is 7.82. The number of benzene rings is 1. The third kappa shape index (κ3) is 4.29. The minimum Gasteiger partial charge on any atom is -0.261 e. The molecule has 0 radical (unpaired) electrons. The first-order valence-corrected chi connectivity index (χ1v) is 5.81. The van der Waals surface area contributed by atoms with E-state index in [1.807, 2.05) is 0 Å². The zero-order valence-corrected chi connectivity index (χ0v) is 8.44. The molecule has 1 atom stereocenters.